The van der Waals surface area contributed by atoms with Crippen molar-refractivity contribution in [3.05, 3.63) is 21.4 Å². The number of rotatable bonds is 4. The molecule has 1 amide bonds. The van der Waals surface area contributed by atoms with Gasteiger partial charge in [0, 0.05) is 29.3 Å². The molecule has 4 rings (SSSR count). The van der Waals surface area contributed by atoms with Crippen LogP contribution in [0.3, 0.4) is 0 Å². The van der Waals surface area contributed by atoms with Crippen molar-refractivity contribution in [1.82, 2.24) is 10.2 Å². The highest BCUT2D eigenvalue weighted by Gasteiger charge is 2.35. The number of hydrogen-bond donors (Lipinski definition) is 1. The van der Waals surface area contributed by atoms with E-state index >= 15 is 0 Å². The molecule has 0 radical (unpaired) electrons. The molecule has 2 fully saturated rings. The van der Waals surface area contributed by atoms with Crippen LogP contribution in [0.4, 0.5) is 0 Å². The monoisotopic (exact) mass is 322 g/mol. The molecule has 1 saturated carbocycles. The molecule has 3 heterocycles. The van der Waals surface area contributed by atoms with Gasteiger partial charge < -0.3 is 10.2 Å². The molecule has 5 heteroatoms. The molecular weight excluding hydrogens is 300 g/mol. The lowest BCUT2D eigenvalue weighted by atomic mass is 10.2. The van der Waals surface area contributed by atoms with Crippen LogP contribution in [0, 0.1) is 0 Å². The van der Waals surface area contributed by atoms with E-state index in [1.807, 2.05) is 11.8 Å². The molecule has 0 bridgehead atoms. The van der Waals surface area contributed by atoms with Crippen LogP contribution in [0.1, 0.15) is 45.8 Å². The van der Waals surface area contributed by atoms with Crippen LogP contribution in [-0.2, 0) is 12.2 Å². The van der Waals surface area contributed by atoms with Gasteiger partial charge in [-0.25, -0.2) is 0 Å². The van der Waals surface area contributed by atoms with Gasteiger partial charge in [-0.3, -0.25) is 4.79 Å². The van der Waals surface area contributed by atoms with E-state index in [4.69, 9.17) is 0 Å². The summed E-state index contributed by atoms with van der Waals surface area (Å²) in [6.45, 7) is 2.02. The number of fused-ring (bicyclic) bond motifs is 1. The van der Waals surface area contributed by atoms with Crippen LogP contribution in [0.15, 0.2) is 6.07 Å². The first kappa shape index (κ1) is 14.1. The van der Waals surface area contributed by atoms with Crippen LogP contribution < -0.4 is 5.32 Å². The third-order valence-corrected chi connectivity index (χ3v) is 6.90. The van der Waals surface area contributed by atoms with Crippen molar-refractivity contribution in [2.45, 2.75) is 49.9 Å². The number of carbonyl (C=O) groups excluding carboxylic acids is 1. The van der Waals surface area contributed by atoms with E-state index in [-0.39, 0.29) is 5.91 Å². The highest BCUT2D eigenvalue weighted by atomic mass is 32.2. The van der Waals surface area contributed by atoms with Gasteiger partial charge in [0.25, 0.3) is 5.91 Å². The Morgan fingerprint density at radius 2 is 2.29 bits per heavy atom. The summed E-state index contributed by atoms with van der Waals surface area (Å²) in [7, 11) is 0. The predicted octanol–water partition coefficient (Wildman–Crippen LogP) is 2.89. The van der Waals surface area contributed by atoms with E-state index in [9.17, 15) is 4.79 Å². The standard InChI is InChI=1S/C16H22N2OS2/c19-16(15-8-11-10-20-7-5-14(11)21-15)18(13-3-4-13)9-12-2-1-6-17-12/h8,12-13,17H,1-7,9-10H2. The van der Waals surface area contributed by atoms with Crippen LogP contribution in [0.25, 0.3) is 0 Å². The zero-order valence-electron chi connectivity index (χ0n) is 12.3. The van der Waals surface area contributed by atoms with Crippen molar-refractivity contribution in [2.24, 2.45) is 0 Å². The Kier molecular flexibility index (Phi) is 3.98. The summed E-state index contributed by atoms with van der Waals surface area (Å²) < 4.78 is 0. The normalized spacial score (nSPS) is 24.9. The molecule has 0 spiro atoms. The zero-order chi connectivity index (χ0) is 14.2. The SMILES string of the molecule is O=C(c1cc2c(s1)CCSC2)N(CC1CCCN1)C1CC1. The van der Waals surface area contributed by atoms with Crippen molar-refractivity contribution >= 4 is 29.0 Å². The lowest BCUT2D eigenvalue weighted by Gasteiger charge is -2.25. The lowest BCUT2D eigenvalue weighted by Crippen LogP contribution is -2.42. The van der Waals surface area contributed by atoms with E-state index in [0.29, 0.717) is 12.1 Å². The molecular formula is C16H22N2OS2. The van der Waals surface area contributed by atoms with Crippen LogP contribution in [-0.4, -0.2) is 41.7 Å². The smallest absolute Gasteiger partial charge is 0.264 e. The van der Waals surface area contributed by atoms with Gasteiger partial charge in [0.05, 0.1) is 4.88 Å². The third kappa shape index (κ3) is 3.01. The molecule has 1 aliphatic carbocycles. The van der Waals surface area contributed by atoms with E-state index in [0.717, 1.165) is 30.1 Å². The van der Waals surface area contributed by atoms with Crippen molar-refractivity contribution in [3.8, 4) is 0 Å². The number of nitrogens with zero attached hydrogens (tertiary/aromatic N) is 1. The van der Waals surface area contributed by atoms with Crippen molar-refractivity contribution in [1.29, 1.82) is 0 Å². The van der Waals surface area contributed by atoms with Gasteiger partial charge in [0.1, 0.15) is 0 Å². The van der Waals surface area contributed by atoms with Crippen LogP contribution in [0.2, 0.25) is 0 Å². The molecule has 3 aliphatic rings. The molecule has 1 atom stereocenters. The molecule has 2 aliphatic heterocycles. The minimum atomic E-state index is 0.288. The molecule has 1 N–H and O–H groups in total. The second-order valence-electron chi connectivity index (χ2n) is 6.34. The Bertz CT molecular complexity index is 509. The number of aryl methyl sites for hydroxylation is 1. The molecule has 1 aromatic heterocycles. The summed E-state index contributed by atoms with van der Waals surface area (Å²) in [4.78, 5) is 17.5. The molecule has 114 valence electrons. The minimum Gasteiger partial charge on any atom is -0.333 e. The summed E-state index contributed by atoms with van der Waals surface area (Å²) in [6, 6.07) is 3.19. The fraction of sp³-hybridized carbons (Fsp3) is 0.688. The van der Waals surface area contributed by atoms with Crippen molar-refractivity contribution < 1.29 is 4.79 Å². The molecule has 0 aromatic carbocycles. The fourth-order valence-corrected chi connectivity index (χ4v) is 5.66. The van der Waals surface area contributed by atoms with Crippen molar-refractivity contribution in [2.75, 3.05) is 18.8 Å². The number of thioether (sulfide) groups is 1. The van der Waals surface area contributed by atoms with Crippen LogP contribution >= 0.6 is 23.1 Å². The topological polar surface area (TPSA) is 32.3 Å². The van der Waals surface area contributed by atoms with E-state index in [1.54, 1.807) is 11.3 Å². The molecule has 1 aromatic rings. The Morgan fingerprint density at radius 3 is 3.00 bits per heavy atom. The largest absolute Gasteiger partial charge is 0.333 e. The summed E-state index contributed by atoms with van der Waals surface area (Å²) in [5.41, 5.74) is 1.41. The van der Waals surface area contributed by atoms with Crippen molar-refractivity contribution in [3.63, 3.8) is 0 Å². The number of hydrogen-bond acceptors (Lipinski definition) is 4. The molecule has 3 nitrogen and oxygen atoms in total. The summed E-state index contributed by atoms with van der Waals surface area (Å²) in [5, 5.41) is 3.53. The Hall–Kier alpha value is -0.520. The zero-order valence-corrected chi connectivity index (χ0v) is 13.9. The maximum atomic E-state index is 12.9. The highest BCUT2D eigenvalue weighted by molar-refractivity contribution is 7.98. The first-order valence-corrected chi connectivity index (χ1v) is 10.0. The minimum absolute atomic E-state index is 0.288. The Balaban J connectivity index is 1.51. The number of carbonyl (C=O) groups is 1. The lowest BCUT2D eigenvalue weighted by molar-refractivity contribution is 0.0733. The number of amides is 1. The quantitative estimate of drug-likeness (QED) is 0.925. The average Bonchev–Trinajstić information content (AvgIpc) is 3.04. The molecule has 21 heavy (non-hydrogen) atoms. The van der Waals surface area contributed by atoms with Crippen LogP contribution in [0.5, 0.6) is 0 Å². The Labute approximate surface area is 134 Å². The second-order valence-corrected chi connectivity index (χ2v) is 8.59. The first-order valence-electron chi connectivity index (χ1n) is 8.05. The Morgan fingerprint density at radius 1 is 1.38 bits per heavy atom. The molecule has 1 unspecified atom stereocenters. The molecule has 1 saturated heterocycles. The van der Waals surface area contributed by atoms with Gasteiger partial charge >= 0.3 is 0 Å². The van der Waals surface area contributed by atoms with Gasteiger partial charge in [-0.15, -0.1) is 11.3 Å². The van der Waals surface area contributed by atoms with Gasteiger partial charge in [0.15, 0.2) is 0 Å². The maximum Gasteiger partial charge on any atom is 0.264 e. The van der Waals surface area contributed by atoms with E-state index in [2.05, 4.69) is 16.3 Å². The fourth-order valence-electron chi connectivity index (χ4n) is 3.33. The third-order valence-electron chi connectivity index (χ3n) is 4.67. The number of nitrogens with one attached hydrogen (secondary N) is 1. The van der Waals surface area contributed by atoms with Gasteiger partial charge in [-0.1, -0.05) is 0 Å². The summed E-state index contributed by atoms with van der Waals surface area (Å²) in [6.07, 6.45) is 6.00. The van der Waals surface area contributed by atoms with Gasteiger partial charge in [-0.05, 0) is 56.0 Å². The number of thiophene rings is 1. The summed E-state index contributed by atoms with van der Waals surface area (Å²) >= 11 is 3.74. The summed E-state index contributed by atoms with van der Waals surface area (Å²) in [5.74, 6) is 2.59. The average molecular weight is 322 g/mol. The predicted molar refractivity (Wildman–Crippen MR) is 89.3 cm³/mol. The maximum absolute atomic E-state index is 12.9. The van der Waals surface area contributed by atoms with E-state index in [1.165, 1.54) is 41.9 Å². The van der Waals surface area contributed by atoms with Gasteiger partial charge in [0.2, 0.25) is 0 Å². The second kappa shape index (κ2) is 5.94. The highest BCUT2D eigenvalue weighted by Crippen LogP contribution is 2.35. The first-order chi connectivity index (χ1) is 10.3. The van der Waals surface area contributed by atoms with E-state index < -0.39 is 0 Å². The van der Waals surface area contributed by atoms with Gasteiger partial charge in [-0.2, -0.15) is 11.8 Å².